The van der Waals surface area contributed by atoms with Crippen molar-refractivity contribution in [3.8, 4) is 11.5 Å². The zero-order chi connectivity index (χ0) is 14.9. The fourth-order valence-corrected chi connectivity index (χ4v) is 3.41. The van der Waals surface area contributed by atoms with Gasteiger partial charge in [-0.3, -0.25) is 0 Å². The number of methoxy groups -OCH3 is 2. The average molecular weight is 290 g/mol. The van der Waals surface area contributed by atoms with Gasteiger partial charge in [-0.1, -0.05) is 0 Å². The van der Waals surface area contributed by atoms with Crippen LogP contribution in [-0.4, -0.2) is 39.4 Å². The molecule has 1 aliphatic carbocycles. The van der Waals surface area contributed by atoms with E-state index in [9.17, 15) is 0 Å². The summed E-state index contributed by atoms with van der Waals surface area (Å²) in [5, 5.41) is 3.77. The molecule has 21 heavy (non-hydrogen) atoms. The van der Waals surface area contributed by atoms with Gasteiger partial charge in [-0.15, -0.1) is 0 Å². The predicted octanol–water partition coefficient (Wildman–Crippen LogP) is 2.67. The van der Waals surface area contributed by atoms with Gasteiger partial charge in [-0.2, -0.15) is 0 Å². The fourth-order valence-electron chi connectivity index (χ4n) is 3.41. The number of benzene rings is 1. The molecule has 0 bridgehead atoms. The Morgan fingerprint density at radius 1 is 1.19 bits per heavy atom. The molecule has 0 spiro atoms. The Morgan fingerprint density at radius 2 is 1.95 bits per heavy atom. The molecule has 0 radical (unpaired) electrons. The number of rotatable bonds is 4. The summed E-state index contributed by atoms with van der Waals surface area (Å²) in [5.41, 5.74) is 1.46. The SMILES string of the molecule is COc1ccc(N2CCCNC(C)(C3CC3)C2)cc1OC. The first-order valence-corrected chi connectivity index (χ1v) is 7.88. The van der Waals surface area contributed by atoms with E-state index in [0.29, 0.717) is 0 Å². The molecule has 1 N–H and O–H groups in total. The van der Waals surface area contributed by atoms with Gasteiger partial charge in [-0.05, 0) is 50.8 Å². The number of hydrogen-bond donors (Lipinski definition) is 1. The standard InChI is InChI=1S/C17H26N2O2/c1-17(13-5-6-13)12-19(10-4-9-18-17)14-7-8-15(20-2)16(11-14)21-3/h7-8,11,13,18H,4-6,9-10,12H2,1-3H3. The molecule has 4 heteroatoms. The quantitative estimate of drug-likeness (QED) is 0.924. The third-order valence-corrected chi connectivity index (χ3v) is 4.86. The van der Waals surface area contributed by atoms with Crippen LogP contribution < -0.4 is 19.7 Å². The van der Waals surface area contributed by atoms with Crippen molar-refractivity contribution in [1.29, 1.82) is 0 Å². The number of ether oxygens (including phenoxy) is 2. The van der Waals surface area contributed by atoms with Crippen molar-refractivity contribution in [2.75, 3.05) is 38.8 Å². The molecular formula is C17H26N2O2. The number of hydrogen-bond acceptors (Lipinski definition) is 4. The molecule has 0 amide bonds. The maximum absolute atomic E-state index is 5.44. The summed E-state index contributed by atoms with van der Waals surface area (Å²) >= 11 is 0. The monoisotopic (exact) mass is 290 g/mol. The summed E-state index contributed by atoms with van der Waals surface area (Å²) < 4.78 is 10.8. The lowest BCUT2D eigenvalue weighted by Gasteiger charge is -2.35. The van der Waals surface area contributed by atoms with Gasteiger partial charge in [0.1, 0.15) is 0 Å². The van der Waals surface area contributed by atoms with Crippen LogP contribution in [0.25, 0.3) is 0 Å². The molecule has 2 fully saturated rings. The van der Waals surface area contributed by atoms with Crippen LogP contribution in [0.4, 0.5) is 5.69 Å². The highest BCUT2D eigenvalue weighted by Gasteiger charge is 2.43. The van der Waals surface area contributed by atoms with Gasteiger partial charge in [0.05, 0.1) is 14.2 Å². The van der Waals surface area contributed by atoms with E-state index in [1.165, 1.54) is 24.9 Å². The largest absolute Gasteiger partial charge is 0.493 e. The van der Waals surface area contributed by atoms with Crippen molar-refractivity contribution in [2.24, 2.45) is 5.92 Å². The van der Waals surface area contributed by atoms with E-state index in [2.05, 4.69) is 29.3 Å². The van der Waals surface area contributed by atoms with E-state index < -0.39 is 0 Å². The average Bonchev–Trinajstić information content (AvgIpc) is 3.34. The highest BCUT2D eigenvalue weighted by Crippen LogP contribution is 2.41. The molecule has 2 aliphatic rings. The van der Waals surface area contributed by atoms with Crippen LogP contribution >= 0.6 is 0 Å². The summed E-state index contributed by atoms with van der Waals surface area (Å²) in [6.45, 7) is 5.64. The van der Waals surface area contributed by atoms with Crippen molar-refractivity contribution in [3.05, 3.63) is 18.2 Å². The molecule has 1 atom stereocenters. The van der Waals surface area contributed by atoms with Gasteiger partial charge in [-0.25, -0.2) is 0 Å². The predicted molar refractivity (Wildman–Crippen MR) is 85.5 cm³/mol. The van der Waals surface area contributed by atoms with Crippen LogP contribution in [0.15, 0.2) is 18.2 Å². The highest BCUT2D eigenvalue weighted by molar-refractivity contribution is 5.56. The molecular weight excluding hydrogens is 264 g/mol. The smallest absolute Gasteiger partial charge is 0.162 e. The maximum atomic E-state index is 5.44. The van der Waals surface area contributed by atoms with Crippen molar-refractivity contribution >= 4 is 5.69 Å². The lowest BCUT2D eigenvalue weighted by atomic mass is 9.95. The summed E-state index contributed by atoms with van der Waals surface area (Å²) in [7, 11) is 3.37. The summed E-state index contributed by atoms with van der Waals surface area (Å²) in [6, 6.07) is 6.23. The first-order chi connectivity index (χ1) is 10.2. The van der Waals surface area contributed by atoms with Crippen LogP contribution in [0.3, 0.4) is 0 Å². The van der Waals surface area contributed by atoms with Crippen LogP contribution in [0, 0.1) is 5.92 Å². The fraction of sp³-hybridized carbons (Fsp3) is 0.647. The van der Waals surface area contributed by atoms with Gasteiger partial charge in [0.15, 0.2) is 11.5 Å². The maximum Gasteiger partial charge on any atom is 0.162 e. The zero-order valence-electron chi connectivity index (χ0n) is 13.3. The van der Waals surface area contributed by atoms with Gasteiger partial charge >= 0.3 is 0 Å². The molecule has 1 aromatic carbocycles. The van der Waals surface area contributed by atoms with E-state index >= 15 is 0 Å². The molecule has 1 saturated heterocycles. The van der Waals surface area contributed by atoms with Crippen molar-refractivity contribution in [2.45, 2.75) is 31.7 Å². The molecule has 1 unspecified atom stereocenters. The minimum Gasteiger partial charge on any atom is -0.493 e. The summed E-state index contributed by atoms with van der Waals surface area (Å²) in [5.74, 6) is 2.43. The van der Waals surface area contributed by atoms with E-state index in [4.69, 9.17) is 9.47 Å². The minimum atomic E-state index is 0.240. The van der Waals surface area contributed by atoms with Crippen molar-refractivity contribution < 1.29 is 9.47 Å². The van der Waals surface area contributed by atoms with Gasteiger partial charge < -0.3 is 19.7 Å². The Bertz CT molecular complexity index is 502. The lowest BCUT2D eigenvalue weighted by molar-refractivity contribution is 0.331. The third kappa shape index (κ3) is 2.95. The molecule has 1 heterocycles. The molecule has 116 valence electrons. The van der Waals surface area contributed by atoms with E-state index in [1.54, 1.807) is 14.2 Å². The Labute approximate surface area is 127 Å². The second-order valence-electron chi connectivity index (χ2n) is 6.43. The van der Waals surface area contributed by atoms with E-state index in [1.807, 2.05) is 6.07 Å². The Kier molecular flexibility index (Phi) is 3.98. The van der Waals surface area contributed by atoms with Gasteiger partial charge in [0.2, 0.25) is 0 Å². The van der Waals surface area contributed by atoms with Crippen molar-refractivity contribution in [3.63, 3.8) is 0 Å². The lowest BCUT2D eigenvalue weighted by Crippen LogP contribution is -2.51. The Morgan fingerprint density at radius 3 is 2.62 bits per heavy atom. The first-order valence-electron chi connectivity index (χ1n) is 7.88. The highest BCUT2D eigenvalue weighted by atomic mass is 16.5. The normalized spacial score (nSPS) is 26.3. The summed E-state index contributed by atoms with van der Waals surface area (Å²) in [6.07, 6.45) is 3.91. The topological polar surface area (TPSA) is 33.7 Å². The van der Waals surface area contributed by atoms with Gasteiger partial charge in [0, 0.05) is 30.4 Å². The van der Waals surface area contributed by atoms with Crippen LogP contribution in [0.5, 0.6) is 11.5 Å². The molecule has 3 rings (SSSR count). The second-order valence-corrected chi connectivity index (χ2v) is 6.43. The third-order valence-electron chi connectivity index (χ3n) is 4.86. The summed E-state index contributed by atoms with van der Waals surface area (Å²) in [4.78, 5) is 2.49. The zero-order valence-corrected chi connectivity index (χ0v) is 13.3. The Balaban J connectivity index is 1.84. The Hall–Kier alpha value is -1.42. The minimum absolute atomic E-state index is 0.240. The van der Waals surface area contributed by atoms with E-state index in [0.717, 1.165) is 37.1 Å². The molecule has 1 saturated carbocycles. The van der Waals surface area contributed by atoms with Crippen molar-refractivity contribution in [1.82, 2.24) is 5.32 Å². The molecule has 0 aromatic heterocycles. The molecule has 1 aliphatic heterocycles. The van der Waals surface area contributed by atoms with Crippen LogP contribution in [-0.2, 0) is 0 Å². The van der Waals surface area contributed by atoms with Gasteiger partial charge in [0.25, 0.3) is 0 Å². The first kappa shape index (κ1) is 14.5. The number of nitrogens with one attached hydrogen (secondary N) is 1. The number of nitrogens with zero attached hydrogens (tertiary/aromatic N) is 1. The second kappa shape index (κ2) is 5.76. The van der Waals surface area contributed by atoms with Crippen LogP contribution in [0.2, 0.25) is 0 Å². The molecule has 4 nitrogen and oxygen atoms in total. The molecule has 1 aromatic rings. The number of anilines is 1. The van der Waals surface area contributed by atoms with Crippen LogP contribution in [0.1, 0.15) is 26.2 Å². The van der Waals surface area contributed by atoms with E-state index in [-0.39, 0.29) is 5.54 Å².